The molecule has 4 atom stereocenters. The number of nitrogens with one attached hydrogen (secondary N) is 1. The zero-order chi connectivity index (χ0) is 23.3. The summed E-state index contributed by atoms with van der Waals surface area (Å²) in [5, 5.41) is 14.2. The highest BCUT2D eigenvalue weighted by atomic mass is 35.5. The number of halogens is 1. The van der Waals surface area contributed by atoms with E-state index in [0.717, 1.165) is 16.0 Å². The summed E-state index contributed by atoms with van der Waals surface area (Å²) in [6, 6.07) is 5.61. The molecule has 5 rings (SSSR count). The normalized spacial score (nSPS) is 26.0. The highest BCUT2D eigenvalue weighted by Gasteiger charge is 2.54. The lowest BCUT2D eigenvalue weighted by Crippen LogP contribution is -2.35. The van der Waals surface area contributed by atoms with Gasteiger partial charge in [-0.15, -0.1) is 11.3 Å². The van der Waals surface area contributed by atoms with Gasteiger partial charge in [0.15, 0.2) is 5.79 Å². The average molecular weight is 492 g/mol. The molecule has 33 heavy (non-hydrogen) atoms. The van der Waals surface area contributed by atoms with Crippen LogP contribution in [0.4, 0.5) is 11.8 Å². The predicted molar refractivity (Wildman–Crippen MR) is 128 cm³/mol. The van der Waals surface area contributed by atoms with Gasteiger partial charge in [-0.2, -0.15) is 4.98 Å². The minimum absolute atomic E-state index is 0.0122. The summed E-state index contributed by atoms with van der Waals surface area (Å²) in [5.74, 6) is 0.549. The maximum atomic E-state index is 9.88. The van der Waals surface area contributed by atoms with E-state index in [-0.39, 0.29) is 41.9 Å². The highest BCUT2D eigenvalue weighted by molar-refractivity contribution is 7.21. The van der Waals surface area contributed by atoms with Crippen LogP contribution in [-0.4, -0.2) is 57.3 Å². The van der Waals surface area contributed by atoms with E-state index in [9.17, 15) is 5.11 Å². The first-order chi connectivity index (χ1) is 15.8. The number of nitrogens with zero attached hydrogens (tertiary/aromatic N) is 3. The number of nitrogen functional groups attached to an aromatic ring is 1. The molecule has 0 unspecified atom stereocenters. The van der Waals surface area contributed by atoms with Crippen molar-refractivity contribution in [3.8, 4) is 16.3 Å². The van der Waals surface area contributed by atoms with E-state index in [1.807, 2.05) is 39.0 Å². The second-order valence-electron chi connectivity index (χ2n) is 8.67. The first-order valence-corrected chi connectivity index (χ1v) is 12.1. The molecular formula is C22H26ClN5O4S. The standard InChI is InChI=1S/C22H26ClN5O4S/c1-4-30-11-5-6-12-14(8-11)33-20(26-12)15-18(23)27-21(24)28-19(15)25-13-7-10(9-29)16-17(13)32-22(2,3)31-16/h5-6,8,10,13,16-17,29H,4,7,9H2,1-3H3,(H3,24,25,27,28)/t10-,13-,16-,17+/m1/s1. The van der Waals surface area contributed by atoms with E-state index >= 15 is 0 Å². The van der Waals surface area contributed by atoms with E-state index in [1.165, 1.54) is 11.3 Å². The zero-order valence-corrected chi connectivity index (χ0v) is 20.1. The number of aliphatic hydroxyl groups is 1. The second-order valence-corrected chi connectivity index (χ2v) is 10.1. The predicted octanol–water partition coefficient (Wildman–Crippen LogP) is 3.70. The third kappa shape index (κ3) is 4.22. The van der Waals surface area contributed by atoms with Gasteiger partial charge in [0.1, 0.15) is 27.8 Å². The van der Waals surface area contributed by atoms with Crippen LogP contribution in [0, 0.1) is 5.92 Å². The summed E-state index contributed by atoms with van der Waals surface area (Å²) in [4.78, 5) is 13.4. The molecule has 3 aromatic rings. The zero-order valence-electron chi connectivity index (χ0n) is 18.5. The molecule has 9 nitrogen and oxygen atoms in total. The summed E-state index contributed by atoms with van der Waals surface area (Å²) in [6.45, 7) is 6.29. The van der Waals surface area contributed by atoms with E-state index in [0.29, 0.717) is 29.4 Å². The molecule has 1 saturated heterocycles. The number of anilines is 2. The molecule has 0 amide bonds. The molecule has 1 saturated carbocycles. The number of fused-ring (bicyclic) bond motifs is 2. The first-order valence-electron chi connectivity index (χ1n) is 10.9. The monoisotopic (exact) mass is 491 g/mol. The van der Waals surface area contributed by atoms with Gasteiger partial charge in [-0.25, -0.2) is 9.97 Å². The molecule has 2 aromatic heterocycles. The van der Waals surface area contributed by atoms with Crippen molar-refractivity contribution in [2.24, 2.45) is 5.92 Å². The Bertz CT molecular complexity index is 1190. The molecule has 176 valence electrons. The number of rotatable bonds is 6. The molecule has 11 heteroatoms. The summed E-state index contributed by atoms with van der Waals surface area (Å²) in [7, 11) is 0. The Morgan fingerprint density at radius 2 is 2.06 bits per heavy atom. The maximum absolute atomic E-state index is 9.88. The van der Waals surface area contributed by atoms with Crippen molar-refractivity contribution in [3.05, 3.63) is 23.4 Å². The van der Waals surface area contributed by atoms with Crippen LogP contribution in [0.25, 0.3) is 20.8 Å². The molecule has 2 fully saturated rings. The van der Waals surface area contributed by atoms with Crippen LogP contribution in [0.2, 0.25) is 5.15 Å². The number of hydrogen-bond donors (Lipinski definition) is 3. The summed E-state index contributed by atoms with van der Waals surface area (Å²) < 4.78 is 18.8. The van der Waals surface area contributed by atoms with Crippen molar-refractivity contribution in [1.82, 2.24) is 15.0 Å². The molecule has 1 aliphatic heterocycles. The topological polar surface area (TPSA) is 125 Å². The maximum Gasteiger partial charge on any atom is 0.223 e. The van der Waals surface area contributed by atoms with Gasteiger partial charge in [0.2, 0.25) is 5.95 Å². The molecule has 1 aromatic carbocycles. The lowest BCUT2D eigenvalue weighted by atomic mass is 10.1. The fourth-order valence-corrected chi connectivity index (χ4v) is 5.96. The Morgan fingerprint density at radius 3 is 2.82 bits per heavy atom. The third-order valence-electron chi connectivity index (χ3n) is 5.91. The quantitative estimate of drug-likeness (QED) is 0.442. The minimum atomic E-state index is -0.723. The van der Waals surface area contributed by atoms with Gasteiger partial charge < -0.3 is 30.4 Å². The number of hydrogen-bond acceptors (Lipinski definition) is 10. The summed E-state index contributed by atoms with van der Waals surface area (Å²) in [6.07, 6.45) is 0.199. The second kappa shape index (κ2) is 8.52. The smallest absolute Gasteiger partial charge is 0.223 e. The van der Waals surface area contributed by atoms with Crippen molar-refractivity contribution in [3.63, 3.8) is 0 Å². The van der Waals surface area contributed by atoms with Crippen LogP contribution >= 0.6 is 22.9 Å². The largest absolute Gasteiger partial charge is 0.494 e. The third-order valence-corrected chi connectivity index (χ3v) is 7.21. The summed E-state index contributed by atoms with van der Waals surface area (Å²) in [5.41, 5.74) is 7.34. The van der Waals surface area contributed by atoms with Gasteiger partial charge >= 0.3 is 0 Å². The van der Waals surface area contributed by atoms with Gasteiger partial charge in [0.05, 0.1) is 34.5 Å². The van der Waals surface area contributed by atoms with Crippen molar-refractivity contribution in [2.45, 2.75) is 51.2 Å². The lowest BCUT2D eigenvalue weighted by molar-refractivity contribution is -0.158. The number of nitrogens with two attached hydrogens (primary N) is 1. The van der Waals surface area contributed by atoms with Crippen LogP contribution < -0.4 is 15.8 Å². The fraction of sp³-hybridized carbons (Fsp3) is 0.500. The average Bonchev–Trinajstić information content (AvgIpc) is 3.38. The van der Waals surface area contributed by atoms with Crippen molar-refractivity contribution < 1.29 is 19.3 Å². The van der Waals surface area contributed by atoms with E-state index in [1.54, 1.807) is 0 Å². The SMILES string of the molecule is CCOc1ccc2nc(-c3c(Cl)nc(N)nc3N[C@@H]3C[C@H](CO)[C@H]4OC(C)(C)O[C@H]43)sc2c1. The Labute approximate surface area is 200 Å². The molecular weight excluding hydrogens is 466 g/mol. The van der Waals surface area contributed by atoms with Crippen molar-refractivity contribution >= 4 is 44.9 Å². The Morgan fingerprint density at radius 1 is 1.27 bits per heavy atom. The molecule has 2 aliphatic rings. The van der Waals surface area contributed by atoms with Gasteiger partial charge in [0, 0.05) is 12.5 Å². The lowest BCUT2D eigenvalue weighted by Gasteiger charge is -2.24. The van der Waals surface area contributed by atoms with Crippen molar-refractivity contribution in [1.29, 1.82) is 0 Å². The van der Waals surface area contributed by atoms with Crippen LogP contribution in [0.3, 0.4) is 0 Å². The van der Waals surface area contributed by atoms with Gasteiger partial charge in [-0.1, -0.05) is 11.6 Å². The van der Waals surface area contributed by atoms with E-state index in [4.69, 9.17) is 36.5 Å². The Hall–Kier alpha value is -2.24. The van der Waals surface area contributed by atoms with Gasteiger partial charge in [-0.3, -0.25) is 0 Å². The Kier molecular flexibility index (Phi) is 5.82. The summed E-state index contributed by atoms with van der Waals surface area (Å²) >= 11 is 8.03. The number of aliphatic hydroxyl groups excluding tert-OH is 1. The van der Waals surface area contributed by atoms with Crippen LogP contribution in [-0.2, 0) is 9.47 Å². The van der Waals surface area contributed by atoms with Crippen LogP contribution in [0.5, 0.6) is 5.75 Å². The molecule has 0 spiro atoms. The Balaban J connectivity index is 1.51. The number of benzene rings is 1. The van der Waals surface area contributed by atoms with Gasteiger partial charge in [0.25, 0.3) is 0 Å². The van der Waals surface area contributed by atoms with Crippen molar-refractivity contribution in [2.75, 3.05) is 24.3 Å². The number of thiazole rings is 1. The molecule has 3 heterocycles. The molecule has 0 bridgehead atoms. The molecule has 0 radical (unpaired) electrons. The molecule has 4 N–H and O–H groups in total. The number of aromatic nitrogens is 3. The minimum Gasteiger partial charge on any atom is -0.494 e. The van der Waals surface area contributed by atoms with E-state index < -0.39 is 5.79 Å². The fourth-order valence-electron chi connectivity index (χ4n) is 4.59. The van der Waals surface area contributed by atoms with Crippen LogP contribution in [0.1, 0.15) is 27.2 Å². The first kappa shape index (κ1) is 22.5. The van der Waals surface area contributed by atoms with Crippen LogP contribution in [0.15, 0.2) is 18.2 Å². The van der Waals surface area contributed by atoms with Gasteiger partial charge in [-0.05, 0) is 45.4 Å². The van der Waals surface area contributed by atoms with E-state index in [2.05, 4.69) is 15.3 Å². The highest BCUT2D eigenvalue weighted by Crippen LogP contribution is 2.44. The number of ether oxygens (including phenoxy) is 3. The molecule has 1 aliphatic carbocycles.